The second-order valence-corrected chi connectivity index (χ2v) is 6.81. The zero-order valence-corrected chi connectivity index (χ0v) is 21.4. The van der Waals surface area contributed by atoms with Gasteiger partial charge in [-0.05, 0) is 43.2 Å². The molecule has 0 spiro atoms. The number of halogens is 1. The molecule has 0 fully saturated rings. The van der Waals surface area contributed by atoms with Crippen LogP contribution in [0.1, 0.15) is 23.6 Å². The summed E-state index contributed by atoms with van der Waals surface area (Å²) in [6, 6.07) is 13.6. The lowest BCUT2D eigenvalue weighted by Crippen LogP contribution is -2.36. The Bertz CT molecular complexity index is 860. The Labute approximate surface area is 207 Å². The number of guanidine groups is 1. The minimum atomic E-state index is -0.494. The first-order valence-corrected chi connectivity index (χ1v) is 10.2. The highest BCUT2D eigenvalue weighted by molar-refractivity contribution is 14.0. The van der Waals surface area contributed by atoms with E-state index in [0.29, 0.717) is 38.0 Å². The number of aliphatic imine (C=N–C) groups is 1. The molecule has 0 aliphatic heterocycles. The number of carbonyl (C=O) groups excluding carboxylic acids is 1. The van der Waals surface area contributed by atoms with Crippen LogP contribution in [0, 0.1) is 6.92 Å². The molecule has 0 unspecified atom stereocenters. The van der Waals surface area contributed by atoms with Crippen LogP contribution in [0.4, 0.5) is 10.5 Å². The van der Waals surface area contributed by atoms with Gasteiger partial charge in [0.05, 0.1) is 20.3 Å². The van der Waals surface area contributed by atoms with Crippen molar-refractivity contribution < 1.29 is 19.0 Å². The lowest BCUT2D eigenvalue weighted by atomic mass is 10.1. The predicted molar refractivity (Wildman–Crippen MR) is 138 cm³/mol. The molecular formula is C23H33IN4O4. The lowest BCUT2D eigenvalue weighted by molar-refractivity contribution is 0.145. The highest BCUT2D eigenvalue weighted by atomic mass is 127. The Hall–Kier alpha value is -2.53. The molecule has 0 radical (unpaired) electrons. The fourth-order valence-corrected chi connectivity index (χ4v) is 2.73. The molecule has 2 aromatic carbocycles. The van der Waals surface area contributed by atoms with Crippen molar-refractivity contribution in [1.82, 2.24) is 10.6 Å². The number of ether oxygens (including phenoxy) is 3. The summed E-state index contributed by atoms with van der Waals surface area (Å²) in [4.78, 5) is 15.9. The molecule has 0 saturated carbocycles. The molecule has 3 N–H and O–H groups in total. The molecule has 0 bridgehead atoms. The maximum Gasteiger partial charge on any atom is 0.411 e. The lowest BCUT2D eigenvalue weighted by Gasteiger charge is -2.15. The van der Waals surface area contributed by atoms with Crippen LogP contribution in [0.25, 0.3) is 0 Å². The normalized spacial score (nSPS) is 10.7. The van der Waals surface area contributed by atoms with Gasteiger partial charge in [-0.25, -0.2) is 9.79 Å². The summed E-state index contributed by atoms with van der Waals surface area (Å²) in [7, 11) is 2.99. The average Bonchev–Trinajstić information content (AvgIpc) is 2.77. The fraction of sp³-hybridized carbons (Fsp3) is 0.391. The molecule has 2 rings (SSSR count). The van der Waals surface area contributed by atoms with Crippen LogP contribution in [-0.4, -0.2) is 46.0 Å². The van der Waals surface area contributed by atoms with E-state index in [1.807, 2.05) is 44.2 Å². The molecule has 2 aromatic rings. The molecule has 0 heterocycles. The zero-order chi connectivity index (χ0) is 22.5. The van der Waals surface area contributed by atoms with Crippen LogP contribution >= 0.6 is 24.0 Å². The SMILES string of the molecule is CCNC(=NCc1ccc(NC(=O)OC)cc1)NCc1ccc(C)cc1OCCOC.I. The number of methoxy groups -OCH3 is 2. The zero-order valence-electron chi connectivity index (χ0n) is 19.1. The van der Waals surface area contributed by atoms with Gasteiger partial charge in [-0.1, -0.05) is 24.3 Å². The summed E-state index contributed by atoms with van der Waals surface area (Å²) >= 11 is 0. The van der Waals surface area contributed by atoms with Crippen molar-refractivity contribution in [3.8, 4) is 5.75 Å². The van der Waals surface area contributed by atoms with Gasteiger partial charge in [-0.15, -0.1) is 24.0 Å². The Morgan fingerprint density at radius 1 is 1.03 bits per heavy atom. The van der Waals surface area contributed by atoms with E-state index in [0.717, 1.165) is 29.0 Å². The first-order valence-electron chi connectivity index (χ1n) is 10.2. The number of hydrogen-bond acceptors (Lipinski definition) is 5. The minimum Gasteiger partial charge on any atom is -0.491 e. The molecule has 32 heavy (non-hydrogen) atoms. The standard InChI is InChI=1S/C23H32N4O4.HI/c1-5-24-22(25-15-18-7-10-20(11-8-18)27-23(28)30-4)26-16-19-9-6-17(2)14-21(19)31-13-12-29-3;/h6-11,14H,5,12-13,15-16H2,1-4H3,(H,27,28)(H2,24,25,26);1H. The third-order valence-corrected chi connectivity index (χ3v) is 4.36. The van der Waals surface area contributed by atoms with Crippen LogP contribution in [0.2, 0.25) is 0 Å². The number of benzene rings is 2. The smallest absolute Gasteiger partial charge is 0.411 e. The largest absolute Gasteiger partial charge is 0.491 e. The van der Waals surface area contributed by atoms with E-state index in [1.165, 1.54) is 7.11 Å². The Kier molecular flexibility index (Phi) is 13.2. The quantitative estimate of drug-likeness (QED) is 0.177. The molecule has 0 aliphatic rings. The van der Waals surface area contributed by atoms with Gasteiger partial charge in [0, 0.05) is 31.5 Å². The monoisotopic (exact) mass is 556 g/mol. The summed E-state index contributed by atoms with van der Waals surface area (Å²) in [5.74, 6) is 1.55. The van der Waals surface area contributed by atoms with Crippen molar-refractivity contribution in [2.75, 3.05) is 39.3 Å². The number of aryl methyl sites for hydroxylation is 1. The molecule has 0 aromatic heterocycles. The van der Waals surface area contributed by atoms with Crippen molar-refractivity contribution in [3.05, 3.63) is 59.2 Å². The van der Waals surface area contributed by atoms with Crippen molar-refractivity contribution >= 4 is 41.7 Å². The number of anilines is 1. The highest BCUT2D eigenvalue weighted by Gasteiger charge is 2.06. The van der Waals surface area contributed by atoms with Gasteiger partial charge in [-0.3, -0.25) is 5.32 Å². The van der Waals surface area contributed by atoms with Crippen molar-refractivity contribution in [2.45, 2.75) is 26.9 Å². The highest BCUT2D eigenvalue weighted by Crippen LogP contribution is 2.20. The van der Waals surface area contributed by atoms with E-state index in [1.54, 1.807) is 7.11 Å². The van der Waals surface area contributed by atoms with Gasteiger partial charge >= 0.3 is 6.09 Å². The summed E-state index contributed by atoms with van der Waals surface area (Å²) in [5, 5.41) is 9.24. The molecular weight excluding hydrogens is 523 g/mol. The van der Waals surface area contributed by atoms with Crippen molar-refractivity contribution in [3.63, 3.8) is 0 Å². The molecule has 0 atom stereocenters. The Balaban J connectivity index is 0.00000512. The molecule has 176 valence electrons. The van der Waals surface area contributed by atoms with E-state index in [4.69, 9.17) is 9.47 Å². The predicted octanol–water partition coefficient (Wildman–Crippen LogP) is 4.07. The van der Waals surface area contributed by atoms with Crippen LogP contribution in [-0.2, 0) is 22.6 Å². The molecule has 0 aliphatic carbocycles. The fourth-order valence-electron chi connectivity index (χ4n) is 2.73. The number of rotatable bonds is 10. The van der Waals surface area contributed by atoms with E-state index >= 15 is 0 Å². The van der Waals surface area contributed by atoms with Gasteiger partial charge in [0.25, 0.3) is 0 Å². The summed E-state index contributed by atoms with van der Waals surface area (Å²) in [5.41, 5.74) is 3.88. The minimum absolute atomic E-state index is 0. The second kappa shape index (κ2) is 15.3. The maximum absolute atomic E-state index is 11.3. The molecule has 1 amide bonds. The number of carbonyl (C=O) groups is 1. The summed E-state index contributed by atoms with van der Waals surface area (Å²) in [6.45, 7) is 6.93. The van der Waals surface area contributed by atoms with Gasteiger partial charge in [0.15, 0.2) is 5.96 Å². The molecule has 9 heteroatoms. The third kappa shape index (κ3) is 9.73. The maximum atomic E-state index is 11.3. The molecule has 0 saturated heterocycles. The number of hydrogen-bond donors (Lipinski definition) is 3. The first kappa shape index (κ1) is 27.5. The summed E-state index contributed by atoms with van der Waals surface area (Å²) < 4.78 is 15.5. The van der Waals surface area contributed by atoms with Gasteiger partial charge in [-0.2, -0.15) is 0 Å². The summed E-state index contributed by atoms with van der Waals surface area (Å²) in [6.07, 6.45) is -0.494. The number of nitrogens with one attached hydrogen (secondary N) is 3. The Morgan fingerprint density at radius 2 is 1.78 bits per heavy atom. The molecule has 8 nitrogen and oxygen atoms in total. The van der Waals surface area contributed by atoms with Crippen molar-refractivity contribution in [2.24, 2.45) is 4.99 Å². The van der Waals surface area contributed by atoms with Gasteiger partial charge in [0.1, 0.15) is 12.4 Å². The van der Waals surface area contributed by atoms with Crippen molar-refractivity contribution in [1.29, 1.82) is 0 Å². The average molecular weight is 556 g/mol. The van der Waals surface area contributed by atoms with Gasteiger partial charge < -0.3 is 24.8 Å². The van der Waals surface area contributed by atoms with Gasteiger partial charge in [0.2, 0.25) is 0 Å². The van der Waals surface area contributed by atoms with E-state index in [9.17, 15) is 4.79 Å². The van der Waals surface area contributed by atoms with E-state index < -0.39 is 6.09 Å². The van der Waals surface area contributed by atoms with Crippen LogP contribution < -0.4 is 20.7 Å². The topological polar surface area (TPSA) is 93.2 Å². The second-order valence-electron chi connectivity index (χ2n) is 6.81. The number of amides is 1. The van der Waals surface area contributed by atoms with E-state index in [2.05, 4.69) is 37.8 Å². The van der Waals surface area contributed by atoms with Crippen LogP contribution in [0.3, 0.4) is 0 Å². The van der Waals surface area contributed by atoms with Crippen LogP contribution in [0.5, 0.6) is 5.75 Å². The Morgan fingerprint density at radius 3 is 2.44 bits per heavy atom. The third-order valence-electron chi connectivity index (χ3n) is 4.36. The first-order chi connectivity index (χ1) is 15.0. The van der Waals surface area contributed by atoms with E-state index in [-0.39, 0.29) is 24.0 Å². The number of nitrogens with zero attached hydrogens (tertiary/aromatic N) is 1. The van der Waals surface area contributed by atoms with Crippen LogP contribution in [0.15, 0.2) is 47.5 Å².